The van der Waals surface area contributed by atoms with E-state index >= 15 is 0 Å². The second-order valence-corrected chi connectivity index (χ2v) is 9.37. The highest BCUT2D eigenvalue weighted by Crippen LogP contribution is 2.29. The Labute approximate surface area is 162 Å². The van der Waals surface area contributed by atoms with Crippen molar-refractivity contribution in [2.45, 2.75) is 128 Å². The Balaban J connectivity index is 3.31. The molecule has 0 amide bonds. The molecule has 0 N–H and O–H groups in total. The molecule has 0 bridgehead atoms. The van der Waals surface area contributed by atoms with Gasteiger partial charge in [0.1, 0.15) is 0 Å². The van der Waals surface area contributed by atoms with Crippen LogP contribution in [0.15, 0.2) is 0 Å². The van der Waals surface area contributed by atoms with Crippen LogP contribution in [0, 0.1) is 0 Å². The van der Waals surface area contributed by atoms with E-state index in [9.17, 15) is 0 Å². The summed E-state index contributed by atoms with van der Waals surface area (Å²) in [4.78, 5) is 2.52. The minimum Gasteiger partial charge on any atom is -0.289 e. The summed E-state index contributed by atoms with van der Waals surface area (Å²) in [7, 11) is 0. The third-order valence-corrected chi connectivity index (χ3v) is 6.31. The van der Waals surface area contributed by atoms with Crippen molar-refractivity contribution >= 4 is 15.9 Å². The van der Waals surface area contributed by atoms with Crippen LogP contribution in [0.1, 0.15) is 124 Å². The summed E-state index contributed by atoms with van der Waals surface area (Å²) in [6.07, 6.45) is 21.4. The molecule has 0 saturated carbocycles. The summed E-state index contributed by atoms with van der Waals surface area (Å²) in [6, 6.07) is 0. The molecule has 24 heavy (non-hydrogen) atoms. The molecule has 0 radical (unpaired) electrons. The molecule has 0 spiro atoms. The molecule has 2 heteroatoms. The highest BCUT2D eigenvalue weighted by atomic mass is 79.9. The van der Waals surface area contributed by atoms with Crippen LogP contribution in [-0.2, 0) is 0 Å². The monoisotopic (exact) mass is 403 g/mol. The smallest absolute Gasteiger partial charge is 0.0738 e. The van der Waals surface area contributed by atoms with E-state index in [2.05, 4.69) is 48.5 Å². The van der Waals surface area contributed by atoms with Gasteiger partial charge in [0.25, 0.3) is 0 Å². The molecule has 146 valence electrons. The van der Waals surface area contributed by atoms with Gasteiger partial charge in [0.2, 0.25) is 0 Å². The second-order valence-electron chi connectivity index (χ2n) is 7.66. The Morgan fingerprint density at radius 1 is 0.583 bits per heavy atom. The Morgan fingerprint density at radius 2 is 0.917 bits per heavy atom. The van der Waals surface area contributed by atoms with Crippen LogP contribution in [0.3, 0.4) is 0 Å². The maximum Gasteiger partial charge on any atom is 0.0738 e. The van der Waals surface area contributed by atoms with Crippen LogP contribution in [0.25, 0.3) is 0 Å². The minimum absolute atomic E-state index is 0.202. The lowest BCUT2D eigenvalue weighted by atomic mass is 10.0. The lowest BCUT2D eigenvalue weighted by Crippen LogP contribution is -2.40. The van der Waals surface area contributed by atoms with Gasteiger partial charge < -0.3 is 0 Å². The molecule has 0 aromatic rings. The number of alkyl halides is 1. The Morgan fingerprint density at radius 3 is 1.25 bits per heavy atom. The number of halogens is 1. The van der Waals surface area contributed by atoms with Crippen molar-refractivity contribution < 1.29 is 0 Å². The van der Waals surface area contributed by atoms with E-state index in [4.69, 9.17) is 0 Å². The van der Waals surface area contributed by atoms with Crippen LogP contribution < -0.4 is 0 Å². The maximum absolute atomic E-state index is 3.93. The van der Waals surface area contributed by atoms with E-state index in [0.29, 0.717) is 0 Å². The predicted molar refractivity (Wildman–Crippen MR) is 115 cm³/mol. The molecule has 0 aromatic heterocycles. The first kappa shape index (κ1) is 24.4. The number of hydrogen-bond donors (Lipinski definition) is 0. The second kappa shape index (κ2) is 16.9. The van der Waals surface area contributed by atoms with Gasteiger partial charge in [-0.2, -0.15) is 0 Å². The van der Waals surface area contributed by atoms with Crippen molar-refractivity contribution in [2.24, 2.45) is 0 Å². The van der Waals surface area contributed by atoms with Gasteiger partial charge in [-0.1, -0.05) is 127 Å². The third-order valence-electron chi connectivity index (χ3n) is 5.41. The molecule has 0 heterocycles. The number of rotatable bonds is 18. The van der Waals surface area contributed by atoms with Crippen molar-refractivity contribution in [3.63, 3.8) is 0 Å². The van der Waals surface area contributed by atoms with Gasteiger partial charge in [0, 0.05) is 0 Å². The van der Waals surface area contributed by atoms with Crippen molar-refractivity contribution in [3.05, 3.63) is 0 Å². The first-order valence-corrected chi connectivity index (χ1v) is 11.8. The molecule has 1 atom stereocenters. The van der Waals surface area contributed by atoms with Crippen LogP contribution in [-0.4, -0.2) is 22.4 Å². The fourth-order valence-corrected chi connectivity index (χ4v) is 4.47. The van der Waals surface area contributed by atoms with E-state index < -0.39 is 0 Å². The first-order valence-electron chi connectivity index (χ1n) is 11.0. The van der Waals surface area contributed by atoms with Crippen molar-refractivity contribution in [1.82, 2.24) is 4.90 Å². The summed E-state index contributed by atoms with van der Waals surface area (Å²) >= 11 is 3.93. The molecule has 0 saturated heterocycles. The summed E-state index contributed by atoms with van der Waals surface area (Å²) in [5.41, 5.74) is 0. The molecule has 0 aromatic carbocycles. The fourth-order valence-electron chi connectivity index (χ4n) is 3.68. The lowest BCUT2D eigenvalue weighted by Gasteiger charge is -2.35. The standard InChI is InChI=1S/C22H46BrN/c1-5-8-9-10-11-12-13-14-15-16-17-18-19-20-21-22(4,23)24(6-2)7-3/h5-21H2,1-4H3. The highest BCUT2D eigenvalue weighted by Gasteiger charge is 2.25. The predicted octanol–water partition coefficient (Wildman–Crippen LogP) is 8.31. The Hall–Kier alpha value is 0.440. The zero-order valence-electron chi connectivity index (χ0n) is 17.3. The normalized spacial score (nSPS) is 14.2. The highest BCUT2D eigenvalue weighted by molar-refractivity contribution is 9.10. The van der Waals surface area contributed by atoms with E-state index in [1.165, 1.54) is 96.3 Å². The molecular weight excluding hydrogens is 358 g/mol. The Bertz CT molecular complexity index is 248. The van der Waals surface area contributed by atoms with Crippen LogP contribution in [0.2, 0.25) is 0 Å². The maximum atomic E-state index is 3.93. The SMILES string of the molecule is CCCCCCCCCCCCCCCCC(C)(Br)N(CC)CC. The average molecular weight is 405 g/mol. The third kappa shape index (κ3) is 13.7. The number of nitrogens with zero attached hydrogens (tertiary/aromatic N) is 1. The van der Waals surface area contributed by atoms with Gasteiger partial charge in [-0.3, -0.25) is 4.90 Å². The molecule has 1 unspecified atom stereocenters. The van der Waals surface area contributed by atoms with E-state index in [1.807, 2.05) is 0 Å². The van der Waals surface area contributed by atoms with E-state index in [-0.39, 0.29) is 4.45 Å². The zero-order valence-corrected chi connectivity index (χ0v) is 18.9. The summed E-state index contributed by atoms with van der Waals surface area (Å²) in [5.74, 6) is 0. The van der Waals surface area contributed by atoms with Crippen LogP contribution >= 0.6 is 15.9 Å². The van der Waals surface area contributed by atoms with Gasteiger partial charge >= 0.3 is 0 Å². The average Bonchev–Trinajstić information content (AvgIpc) is 2.56. The summed E-state index contributed by atoms with van der Waals surface area (Å²) < 4.78 is 0.202. The van der Waals surface area contributed by atoms with Gasteiger partial charge in [0.05, 0.1) is 4.45 Å². The largest absolute Gasteiger partial charge is 0.289 e. The topological polar surface area (TPSA) is 3.24 Å². The number of unbranched alkanes of at least 4 members (excludes halogenated alkanes) is 13. The first-order chi connectivity index (χ1) is 11.6. The van der Waals surface area contributed by atoms with E-state index in [1.54, 1.807) is 0 Å². The summed E-state index contributed by atoms with van der Waals surface area (Å²) in [5, 5.41) is 0. The van der Waals surface area contributed by atoms with E-state index in [0.717, 1.165) is 13.1 Å². The Kier molecular flexibility index (Phi) is 17.2. The van der Waals surface area contributed by atoms with Crippen molar-refractivity contribution in [2.75, 3.05) is 13.1 Å². The zero-order chi connectivity index (χ0) is 18.1. The molecule has 1 nitrogen and oxygen atoms in total. The molecule has 0 fully saturated rings. The minimum atomic E-state index is 0.202. The molecular formula is C22H46BrN. The molecule has 0 aliphatic heterocycles. The van der Waals surface area contributed by atoms with Crippen molar-refractivity contribution in [3.8, 4) is 0 Å². The summed E-state index contributed by atoms with van der Waals surface area (Å²) in [6.45, 7) is 11.4. The molecule has 0 aliphatic rings. The molecule has 0 aliphatic carbocycles. The van der Waals surface area contributed by atoms with Gasteiger partial charge in [-0.25, -0.2) is 0 Å². The van der Waals surface area contributed by atoms with Gasteiger partial charge in [-0.15, -0.1) is 0 Å². The number of hydrogen-bond acceptors (Lipinski definition) is 1. The quantitative estimate of drug-likeness (QED) is 0.126. The van der Waals surface area contributed by atoms with Crippen molar-refractivity contribution in [1.29, 1.82) is 0 Å². The lowest BCUT2D eigenvalue weighted by molar-refractivity contribution is 0.194. The van der Waals surface area contributed by atoms with Gasteiger partial charge in [0.15, 0.2) is 0 Å². The van der Waals surface area contributed by atoms with Crippen LogP contribution in [0.4, 0.5) is 0 Å². The van der Waals surface area contributed by atoms with Gasteiger partial charge in [-0.05, 0) is 26.4 Å². The fraction of sp³-hybridized carbons (Fsp3) is 1.00. The molecule has 0 rings (SSSR count). The van der Waals surface area contributed by atoms with Crippen LogP contribution in [0.5, 0.6) is 0 Å².